The van der Waals surface area contributed by atoms with Crippen LogP contribution in [0, 0.1) is 5.92 Å². The van der Waals surface area contributed by atoms with Crippen LogP contribution in [-0.4, -0.2) is 29.9 Å². The highest BCUT2D eigenvalue weighted by atomic mass is 79.9. The number of piperidine rings is 1. The van der Waals surface area contributed by atoms with Crippen LogP contribution in [0.2, 0.25) is 0 Å². The summed E-state index contributed by atoms with van der Waals surface area (Å²) in [6.07, 6.45) is 2.83. The fourth-order valence-corrected chi connectivity index (χ4v) is 3.47. The zero-order valence-corrected chi connectivity index (χ0v) is 12.9. The van der Waals surface area contributed by atoms with E-state index in [-0.39, 0.29) is 6.61 Å². The fourth-order valence-electron chi connectivity index (χ4n) is 2.77. The normalized spacial score (nSPS) is 21.5. The lowest BCUT2D eigenvalue weighted by molar-refractivity contribution is 0.198. The van der Waals surface area contributed by atoms with Gasteiger partial charge in [-0.3, -0.25) is 0 Å². The van der Waals surface area contributed by atoms with Gasteiger partial charge in [0, 0.05) is 29.9 Å². The first-order valence-corrected chi connectivity index (χ1v) is 7.74. The van der Waals surface area contributed by atoms with E-state index in [9.17, 15) is 5.11 Å². The largest absolute Gasteiger partial charge is 0.396 e. The molecule has 0 saturated carbocycles. The van der Waals surface area contributed by atoms with E-state index in [0.717, 1.165) is 29.5 Å². The molecule has 4 heteroatoms. The third kappa shape index (κ3) is 3.71. The minimum atomic E-state index is -0.452. The van der Waals surface area contributed by atoms with Crippen molar-refractivity contribution in [2.75, 3.05) is 24.6 Å². The minimum absolute atomic E-state index is 0.281. The molecule has 2 rings (SSSR count). The molecule has 3 nitrogen and oxygen atoms in total. The Morgan fingerprint density at radius 2 is 2.26 bits per heavy atom. The Kier molecular flexibility index (Phi) is 5.25. The highest BCUT2D eigenvalue weighted by Gasteiger charge is 2.20. The number of hydrogen-bond donors (Lipinski definition) is 2. The van der Waals surface area contributed by atoms with Gasteiger partial charge in [-0.05, 0) is 49.8 Å². The van der Waals surface area contributed by atoms with Gasteiger partial charge in [-0.1, -0.05) is 22.0 Å². The molecule has 1 saturated heterocycles. The summed E-state index contributed by atoms with van der Waals surface area (Å²) in [7, 11) is 0. The number of aliphatic hydroxyl groups excluding tert-OH is 2. The summed E-state index contributed by atoms with van der Waals surface area (Å²) in [5.74, 6) is 0.592. The molecule has 1 fully saturated rings. The number of halogens is 1. The van der Waals surface area contributed by atoms with Gasteiger partial charge in [-0.25, -0.2) is 0 Å². The molecule has 1 aromatic carbocycles. The molecule has 0 aliphatic carbocycles. The topological polar surface area (TPSA) is 43.7 Å². The summed E-state index contributed by atoms with van der Waals surface area (Å²) < 4.78 is 0.962. The van der Waals surface area contributed by atoms with Crippen LogP contribution in [0.15, 0.2) is 22.7 Å². The average molecular weight is 328 g/mol. The second-order valence-corrected chi connectivity index (χ2v) is 6.20. The highest BCUT2D eigenvalue weighted by molar-refractivity contribution is 9.10. The standard InChI is InChI=1S/C15H22BrNO2/c1-11(19)14-5-4-13(9-15(14)16)17-7-2-3-12(10-17)6-8-18/h4-5,9,11-12,18-19H,2-3,6-8,10H2,1H3/t11-,12?/m1/s1. The summed E-state index contributed by atoms with van der Waals surface area (Å²) in [6.45, 7) is 4.14. The van der Waals surface area contributed by atoms with Gasteiger partial charge in [0.2, 0.25) is 0 Å². The summed E-state index contributed by atoms with van der Waals surface area (Å²) in [6, 6.07) is 6.15. The molecule has 2 atom stereocenters. The fraction of sp³-hybridized carbons (Fsp3) is 0.600. The Balaban J connectivity index is 2.11. The Morgan fingerprint density at radius 1 is 1.47 bits per heavy atom. The predicted octanol–water partition coefficient (Wildman–Crippen LogP) is 3.10. The smallest absolute Gasteiger partial charge is 0.0772 e. The summed E-state index contributed by atoms with van der Waals surface area (Å²) >= 11 is 3.53. The SMILES string of the molecule is C[C@@H](O)c1ccc(N2CCCC(CCO)C2)cc1Br. The highest BCUT2D eigenvalue weighted by Crippen LogP contribution is 2.31. The molecule has 0 spiro atoms. The van der Waals surface area contributed by atoms with E-state index < -0.39 is 6.10 Å². The van der Waals surface area contributed by atoms with Gasteiger partial charge in [0.15, 0.2) is 0 Å². The predicted molar refractivity (Wildman–Crippen MR) is 81.4 cm³/mol. The van der Waals surface area contributed by atoms with Crippen molar-refractivity contribution in [1.29, 1.82) is 0 Å². The molecule has 19 heavy (non-hydrogen) atoms. The number of rotatable bonds is 4. The van der Waals surface area contributed by atoms with Crippen molar-refractivity contribution in [2.24, 2.45) is 5.92 Å². The Hall–Kier alpha value is -0.580. The molecule has 106 valence electrons. The van der Waals surface area contributed by atoms with Gasteiger partial charge in [-0.2, -0.15) is 0 Å². The zero-order valence-electron chi connectivity index (χ0n) is 11.3. The minimum Gasteiger partial charge on any atom is -0.396 e. The number of benzene rings is 1. The van der Waals surface area contributed by atoms with Gasteiger partial charge in [0.05, 0.1) is 6.10 Å². The molecule has 1 aliphatic heterocycles. The summed E-state index contributed by atoms with van der Waals surface area (Å²) in [4.78, 5) is 2.38. The lowest BCUT2D eigenvalue weighted by Gasteiger charge is -2.34. The Morgan fingerprint density at radius 3 is 2.89 bits per heavy atom. The van der Waals surface area contributed by atoms with Crippen molar-refractivity contribution < 1.29 is 10.2 Å². The third-order valence-corrected chi connectivity index (χ3v) is 4.54. The quantitative estimate of drug-likeness (QED) is 0.893. The van der Waals surface area contributed by atoms with Crippen LogP contribution in [-0.2, 0) is 0 Å². The van der Waals surface area contributed by atoms with Crippen molar-refractivity contribution in [2.45, 2.75) is 32.3 Å². The van der Waals surface area contributed by atoms with E-state index in [1.54, 1.807) is 6.92 Å². The van der Waals surface area contributed by atoms with Crippen molar-refractivity contribution in [3.8, 4) is 0 Å². The van der Waals surface area contributed by atoms with Gasteiger partial charge in [0.25, 0.3) is 0 Å². The third-order valence-electron chi connectivity index (χ3n) is 3.86. The second-order valence-electron chi connectivity index (χ2n) is 5.35. The molecule has 0 radical (unpaired) electrons. The first-order chi connectivity index (χ1) is 9.11. The van der Waals surface area contributed by atoms with Crippen LogP contribution >= 0.6 is 15.9 Å². The van der Waals surface area contributed by atoms with Crippen LogP contribution in [0.4, 0.5) is 5.69 Å². The zero-order chi connectivity index (χ0) is 13.8. The van der Waals surface area contributed by atoms with E-state index in [4.69, 9.17) is 5.11 Å². The first kappa shape index (κ1) is 14.8. The van der Waals surface area contributed by atoms with Crippen LogP contribution in [0.3, 0.4) is 0 Å². The van der Waals surface area contributed by atoms with Crippen molar-refractivity contribution in [3.05, 3.63) is 28.2 Å². The van der Waals surface area contributed by atoms with E-state index in [1.807, 2.05) is 6.07 Å². The van der Waals surface area contributed by atoms with E-state index >= 15 is 0 Å². The monoisotopic (exact) mass is 327 g/mol. The van der Waals surface area contributed by atoms with Crippen LogP contribution in [0.5, 0.6) is 0 Å². The Labute approximate surface area is 123 Å². The molecule has 1 unspecified atom stereocenters. The van der Waals surface area contributed by atoms with Crippen LogP contribution in [0.25, 0.3) is 0 Å². The van der Waals surface area contributed by atoms with E-state index in [2.05, 4.69) is 33.0 Å². The molecule has 2 N–H and O–H groups in total. The first-order valence-electron chi connectivity index (χ1n) is 6.95. The van der Waals surface area contributed by atoms with Gasteiger partial charge in [0.1, 0.15) is 0 Å². The van der Waals surface area contributed by atoms with E-state index in [1.165, 1.54) is 18.5 Å². The maximum atomic E-state index is 9.65. The molecular weight excluding hydrogens is 306 g/mol. The van der Waals surface area contributed by atoms with Gasteiger partial charge >= 0.3 is 0 Å². The number of aliphatic hydroxyl groups is 2. The van der Waals surface area contributed by atoms with Crippen LogP contribution in [0.1, 0.15) is 37.9 Å². The molecule has 1 aliphatic rings. The lowest BCUT2D eigenvalue weighted by Crippen LogP contribution is -2.35. The molecule has 1 aromatic rings. The molecule has 0 bridgehead atoms. The summed E-state index contributed by atoms with van der Waals surface area (Å²) in [5, 5.41) is 18.7. The number of hydrogen-bond acceptors (Lipinski definition) is 3. The van der Waals surface area contributed by atoms with E-state index in [0.29, 0.717) is 5.92 Å². The van der Waals surface area contributed by atoms with Gasteiger partial charge < -0.3 is 15.1 Å². The van der Waals surface area contributed by atoms with Gasteiger partial charge in [-0.15, -0.1) is 0 Å². The molecular formula is C15H22BrNO2. The number of nitrogens with zero attached hydrogens (tertiary/aromatic N) is 1. The molecule has 0 aromatic heterocycles. The van der Waals surface area contributed by atoms with Crippen molar-refractivity contribution in [1.82, 2.24) is 0 Å². The van der Waals surface area contributed by atoms with Crippen LogP contribution < -0.4 is 4.90 Å². The maximum Gasteiger partial charge on any atom is 0.0772 e. The van der Waals surface area contributed by atoms with Crippen molar-refractivity contribution in [3.63, 3.8) is 0 Å². The molecule has 1 heterocycles. The maximum absolute atomic E-state index is 9.65. The molecule has 0 amide bonds. The second kappa shape index (κ2) is 6.73. The van der Waals surface area contributed by atoms with Crippen molar-refractivity contribution >= 4 is 21.6 Å². The number of anilines is 1. The lowest BCUT2D eigenvalue weighted by atomic mass is 9.94. The Bertz CT molecular complexity index is 421. The summed E-state index contributed by atoms with van der Waals surface area (Å²) in [5.41, 5.74) is 2.12. The average Bonchev–Trinajstić information content (AvgIpc) is 2.39.